The zero-order chi connectivity index (χ0) is 14.8. The molecule has 1 saturated heterocycles. The van der Waals surface area contributed by atoms with Crippen LogP contribution in [0.25, 0.3) is 0 Å². The minimum absolute atomic E-state index is 0.0700. The number of nitrogens with zero attached hydrogens (tertiary/aromatic N) is 1. The van der Waals surface area contributed by atoms with Crippen LogP contribution in [0.3, 0.4) is 0 Å². The van der Waals surface area contributed by atoms with Gasteiger partial charge >= 0.3 is 12.1 Å². The molecule has 110 valence electrons. The summed E-state index contributed by atoms with van der Waals surface area (Å²) < 4.78 is 5.42. The van der Waals surface area contributed by atoms with E-state index in [1.165, 1.54) is 0 Å². The van der Waals surface area contributed by atoms with Gasteiger partial charge in [0, 0.05) is 18.2 Å². The molecule has 1 heterocycles. The second-order valence-electron chi connectivity index (χ2n) is 6.19. The first-order chi connectivity index (χ1) is 8.53. The summed E-state index contributed by atoms with van der Waals surface area (Å²) in [7, 11) is 0. The van der Waals surface area contributed by atoms with Crippen molar-refractivity contribution >= 4 is 23.8 Å². The van der Waals surface area contributed by atoms with Gasteiger partial charge in [-0.2, -0.15) is 0 Å². The Morgan fingerprint density at radius 1 is 1.42 bits per heavy atom. The number of thioether (sulfide) groups is 1. The Morgan fingerprint density at radius 2 is 2.00 bits per heavy atom. The third-order valence-electron chi connectivity index (χ3n) is 2.86. The number of amides is 1. The zero-order valence-electron chi connectivity index (χ0n) is 12.2. The molecule has 6 heteroatoms. The second-order valence-corrected chi connectivity index (χ2v) is 7.82. The fourth-order valence-electron chi connectivity index (χ4n) is 2.07. The number of ether oxygens (including phenoxy) is 1. The van der Waals surface area contributed by atoms with Gasteiger partial charge < -0.3 is 9.84 Å². The van der Waals surface area contributed by atoms with E-state index >= 15 is 0 Å². The fourth-order valence-corrected chi connectivity index (χ4v) is 3.35. The lowest BCUT2D eigenvalue weighted by Crippen LogP contribution is -2.48. The summed E-state index contributed by atoms with van der Waals surface area (Å²) in [5.74, 6) is -0.0849. The SMILES string of the molecule is CC(C)(C)OC(=O)N1C(CCC(=O)O)CSC1(C)C. The lowest BCUT2D eigenvalue weighted by atomic mass is 10.1. The maximum absolute atomic E-state index is 12.3. The smallest absolute Gasteiger partial charge is 0.411 e. The first-order valence-corrected chi connectivity index (χ1v) is 7.39. The van der Waals surface area contributed by atoms with Gasteiger partial charge in [-0.1, -0.05) is 0 Å². The van der Waals surface area contributed by atoms with Crippen LogP contribution in [0.5, 0.6) is 0 Å². The van der Waals surface area contributed by atoms with Gasteiger partial charge in [0.15, 0.2) is 0 Å². The highest BCUT2D eigenvalue weighted by molar-refractivity contribution is 8.00. The molecule has 0 aromatic carbocycles. The van der Waals surface area contributed by atoms with Gasteiger partial charge in [0.05, 0.1) is 4.87 Å². The molecule has 0 saturated carbocycles. The molecule has 0 bridgehead atoms. The van der Waals surface area contributed by atoms with Crippen molar-refractivity contribution < 1.29 is 19.4 Å². The molecule has 1 fully saturated rings. The Morgan fingerprint density at radius 3 is 2.47 bits per heavy atom. The Hall–Kier alpha value is -0.910. The topological polar surface area (TPSA) is 66.8 Å². The van der Waals surface area contributed by atoms with E-state index in [-0.39, 0.29) is 23.4 Å². The number of hydrogen-bond acceptors (Lipinski definition) is 4. The van der Waals surface area contributed by atoms with Crippen LogP contribution in [0.15, 0.2) is 0 Å². The molecule has 1 atom stereocenters. The molecule has 1 rings (SSSR count). The first-order valence-electron chi connectivity index (χ1n) is 6.41. The maximum atomic E-state index is 12.3. The molecule has 0 aliphatic carbocycles. The Labute approximate surface area is 118 Å². The summed E-state index contributed by atoms with van der Waals surface area (Å²) in [5, 5.41) is 8.77. The highest BCUT2D eigenvalue weighted by Crippen LogP contribution is 2.41. The van der Waals surface area contributed by atoms with Gasteiger partial charge in [0.25, 0.3) is 0 Å². The van der Waals surface area contributed by atoms with Crippen molar-refractivity contribution in [3.8, 4) is 0 Å². The lowest BCUT2D eigenvalue weighted by molar-refractivity contribution is -0.137. The molecular weight excluding hydrogens is 266 g/mol. The summed E-state index contributed by atoms with van der Waals surface area (Å²) in [4.78, 5) is 24.3. The Kier molecular flexibility index (Phi) is 4.76. The van der Waals surface area contributed by atoms with Crippen LogP contribution in [-0.4, -0.2) is 44.3 Å². The van der Waals surface area contributed by atoms with Gasteiger partial charge in [-0.05, 0) is 41.0 Å². The van der Waals surface area contributed by atoms with Gasteiger partial charge in [0.1, 0.15) is 5.60 Å². The monoisotopic (exact) mass is 289 g/mol. The molecule has 0 aromatic heterocycles. The Bertz CT molecular complexity index is 362. The highest BCUT2D eigenvalue weighted by atomic mass is 32.2. The van der Waals surface area contributed by atoms with Crippen LogP contribution < -0.4 is 0 Å². The van der Waals surface area contributed by atoms with Crippen molar-refractivity contribution in [1.82, 2.24) is 4.90 Å². The van der Waals surface area contributed by atoms with Crippen molar-refractivity contribution in [2.75, 3.05) is 5.75 Å². The number of carboxylic acid groups (broad SMARTS) is 1. The van der Waals surface area contributed by atoms with E-state index in [1.807, 2.05) is 34.6 Å². The molecular formula is C13H23NO4S. The fraction of sp³-hybridized carbons (Fsp3) is 0.846. The van der Waals surface area contributed by atoms with Crippen LogP contribution in [0.4, 0.5) is 4.79 Å². The molecule has 1 N–H and O–H groups in total. The predicted molar refractivity (Wildman–Crippen MR) is 75.3 cm³/mol. The Balaban J connectivity index is 2.78. The van der Waals surface area contributed by atoms with Crippen LogP contribution in [0, 0.1) is 0 Å². The van der Waals surface area contributed by atoms with E-state index in [2.05, 4.69) is 0 Å². The van der Waals surface area contributed by atoms with E-state index < -0.39 is 11.6 Å². The number of aliphatic carboxylic acids is 1. The molecule has 1 unspecified atom stereocenters. The number of rotatable bonds is 3. The normalized spacial score (nSPS) is 22.4. The van der Waals surface area contributed by atoms with Crippen LogP contribution in [-0.2, 0) is 9.53 Å². The van der Waals surface area contributed by atoms with Crippen molar-refractivity contribution in [1.29, 1.82) is 0 Å². The summed E-state index contributed by atoms with van der Waals surface area (Å²) in [5.41, 5.74) is -0.544. The average Bonchev–Trinajstić information content (AvgIpc) is 2.47. The summed E-state index contributed by atoms with van der Waals surface area (Å²) in [6.07, 6.45) is 0.170. The van der Waals surface area contributed by atoms with E-state index in [1.54, 1.807) is 16.7 Å². The first kappa shape index (κ1) is 16.1. The van der Waals surface area contributed by atoms with Gasteiger partial charge in [0.2, 0.25) is 0 Å². The molecule has 1 aliphatic heterocycles. The molecule has 1 amide bonds. The number of carboxylic acids is 1. The van der Waals surface area contributed by atoms with Crippen LogP contribution in [0.2, 0.25) is 0 Å². The molecule has 1 aliphatic rings. The molecule has 19 heavy (non-hydrogen) atoms. The zero-order valence-corrected chi connectivity index (χ0v) is 13.0. The van der Waals surface area contributed by atoms with E-state index in [0.29, 0.717) is 6.42 Å². The lowest BCUT2D eigenvalue weighted by Gasteiger charge is -2.36. The summed E-state index contributed by atoms with van der Waals surface area (Å²) in [6.45, 7) is 9.40. The van der Waals surface area contributed by atoms with Crippen LogP contribution in [0.1, 0.15) is 47.5 Å². The average molecular weight is 289 g/mol. The number of carbonyl (C=O) groups excluding carboxylic acids is 1. The van der Waals surface area contributed by atoms with Gasteiger partial charge in [-0.25, -0.2) is 4.79 Å². The second kappa shape index (κ2) is 5.61. The van der Waals surface area contributed by atoms with Crippen molar-refractivity contribution in [3.05, 3.63) is 0 Å². The minimum atomic E-state index is -0.834. The molecule has 0 aromatic rings. The quantitative estimate of drug-likeness (QED) is 0.865. The minimum Gasteiger partial charge on any atom is -0.481 e. The highest BCUT2D eigenvalue weighted by Gasteiger charge is 2.44. The number of hydrogen-bond donors (Lipinski definition) is 1. The van der Waals surface area contributed by atoms with Gasteiger partial charge in [-0.3, -0.25) is 9.69 Å². The molecule has 0 radical (unpaired) electrons. The maximum Gasteiger partial charge on any atom is 0.411 e. The number of carbonyl (C=O) groups is 2. The summed E-state index contributed by atoms with van der Waals surface area (Å²) in [6, 6.07) is -0.0778. The standard InChI is InChI=1S/C13H23NO4S/c1-12(2,3)18-11(17)14-9(6-7-10(15)16)8-19-13(14,4)5/h9H,6-8H2,1-5H3,(H,15,16). The molecule has 0 spiro atoms. The summed E-state index contributed by atoms with van der Waals surface area (Å²) >= 11 is 1.65. The van der Waals surface area contributed by atoms with E-state index in [4.69, 9.17) is 9.84 Å². The van der Waals surface area contributed by atoms with Crippen LogP contribution >= 0.6 is 11.8 Å². The van der Waals surface area contributed by atoms with Crippen molar-refractivity contribution in [2.45, 2.75) is 64.0 Å². The van der Waals surface area contributed by atoms with Gasteiger partial charge in [-0.15, -0.1) is 11.8 Å². The largest absolute Gasteiger partial charge is 0.481 e. The van der Waals surface area contributed by atoms with E-state index in [0.717, 1.165) is 5.75 Å². The third-order valence-corrected chi connectivity index (χ3v) is 4.31. The van der Waals surface area contributed by atoms with E-state index in [9.17, 15) is 9.59 Å². The van der Waals surface area contributed by atoms with Crippen molar-refractivity contribution in [2.24, 2.45) is 0 Å². The third kappa shape index (κ3) is 4.60. The molecule has 5 nitrogen and oxygen atoms in total. The predicted octanol–water partition coefficient (Wildman–Crippen LogP) is 2.94. The van der Waals surface area contributed by atoms with Crippen molar-refractivity contribution in [3.63, 3.8) is 0 Å².